The van der Waals surface area contributed by atoms with E-state index in [2.05, 4.69) is 55.4 Å². The molecule has 0 fully saturated rings. The summed E-state index contributed by atoms with van der Waals surface area (Å²) in [5, 5.41) is 10.5. The van der Waals surface area contributed by atoms with Crippen molar-refractivity contribution in [1.29, 1.82) is 0 Å². The van der Waals surface area contributed by atoms with E-state index in [0.29, 0.717) is 37.5 Å². The molecule has 0 radical (unpaired) electrons. The van der Waals surface area contributed by atoms with Crippen molar-refractivity contribution in [3.63, 3.8) is 0 Å². The van der Waals surface area contributed by atoms with Crippen LogP contribution in [0.15, 0.2) is 0 Å². The fourth-order valence-electron chi connectivity index (χ4n) is 9.75. The van der Waals surface area contributed by atoms with E-state index in [9.17, 15) is 43.2 Å². The molecule has 3 unspecified atom stereocenters. The van der Waals surface area contributed by atoms with Crippen molar-refractivity contribution in [1.82, 2.24) is 0 Å². The normalized spacial score (nSPS) is 14.7. The highest BCUT2D eigenvalue weighted by molar-refractivity contribution is 7.47. The first-order chi connectivity index (χ1) is 40.6. The monoisotopic (exact) mass is 1250 g/mol. The fourth-order valence-corrected chi connectivity index (χ4v) is 11.3. The van der Waals surface area contributed by atoms with Gasteiger partial charge in [0.1, 0.15) is 19.3 Å². The number of esters is 4. The summed E-state index contributed by atoms with van der Waals surface area (Å²) in [5.74, 6) is 0.751. The lowest BCUT2D eigenvalue weighted by Crippen LogP contribution is -2.30. The number of rotatable bonds is 63. The van der Waals surface area contributed by atoms with Crippen LogP contribution in [-0.2, 0) is 65.4 Å². The molecule has 504 valence electrons. The summed E-state index contributed by atoms with van der Waals surface area (Å²) in [5.41, 5.74) is 0. The van der Waals surface area contributed by atoms with E-state index in [1.165, 1.54) is 109 Å². The molecule has 6 atom stereocenters. The molecule has 0 rings (SSSR count). The zero-order chi connectivity index (χ0) is 63.2. The van der Waals surface area contributed by atoms with Crippen molar-refractivity contribution in [2.24, 2.45) is 23.7 Å². The highest BCUT2D eigenvalue weighted by atomic mass is 31.2. The maximum absolute atomic E-state index is 13.0. The number of hydrogen-bond acceptors (Lipinski definition) is 15. The van der Waals surface area contributed by atoms with E-state index in [1.54, 1.807) is 0 Å². The van der Waals surface area contributed by atoms with Gasteiger partial charge in [-0.1, -0.05) is 267 Å². The highest BCUT2D eigenvalue weighted by Gasteiger charge is 2.30. The van der Waals surface area contributed by atoms with Crippen molar-refractivity contribution in [3.8, 4) is 0 Å². The van der Waals surface area contributed by atoms with Crippen LogP contribution in [0.1, 0.15) is 319 Å². The topological polar surface area (TPSA) is 237 Å². The zero-order valence-corrected chi connectivity index (χ0v) is 57.0. The molecule has 0 heterocycles. The predicted molar refractivity (Wildman–Crippen MR) is 340 cm³/mol. The third kappa shape index (κ3) is 59.5. The predicted octanol–water partition coefficient (Wildman–Crippen LogP) is 18.1. The molecular formula is C66H128O17P2. The van der Waals surface area contributed by atoms with Crippen LogP contribution in [0.5, 0.6) is 0 Å². The summed E-state index contributed by atoms with van der Waals surface area (Å²) in [4.78, 5) is 72.3. The average Bonchev–Trinajstić information content (AvgIpc) is 3.63. The number of phosphoric ester groups is 2. The lowest BCUT2D eigenvalue weighted by atomic mass is 10.00. The molecule has 0 aliphatic heterocycles. The third-order valence-electron chi connectivity index (χ3n) is 15.4. The number of aliphatic hydroxyl groups is 1. The molecule has 0 aromatic carbocycles. The minimum atomic E-state index is -4.95. The van der Waals surface area contributed by atoms with E-state index >= 15 is 0 Å². The van der Waals surface area contributed by atoms with Gasteiger partial charge < -0.3 is 33.8 Å². The van der Waals surface area contributed by atoms with Gasteiger partial charge in [0.25, 0.3) is 0 Å². The zero-order valence-electron chi connectivity index (χ0n) is 55.2. The Labute approximate surface area is 517 Å². The SMILES string of the molecule is CCC(C)CCCCCCCCC(=O)OC[C@H](COP(=O)(O)OC[C@H](O)COP(=O)(O)OC[C@@H](COC(=O)CCCCCCCCCC(C)C)OC(=O)CCCCCCCCCCCCCCCC(C)C)OC(=O)CCCCCCCCC(C)C. The van der Waals surface area contributed by atoms with E-state index in [-0.39, 0.29) is 25.7 Å². The standard InChI is InChI=1S/C66H128O17P2/c1-9-59(8)45-37-29-23-25-31-39-47-64(69)77-53-62(83-66(71)49-41-33-24-22-28-36-44-58(6)7)55-81-85(74,75)79-51-60(67)50-78-84(72,73)80-54-61(52-76-63(68)46-38-30-21-17-19-27-35-43-57(4)5)82-65(70)48-40-32-20-16-14-12-10-11-13-15-18-26-34-42-56(2)3/h56-62,67H,9-55H2,1-8H3,(H,72,73)(H,74,75)/t59?,60-,61-,62-/m1/s1. The fraction of sp³-hybridized carbons (Fsp3) is 0.939. The van der Waals surface area contributed by atoms with Crippen LogP contribution < -0.4 is 0 Å². The number of carbonyl (C=O) groups is 4. The number of unbranched alkanes of at least 4 members (excludes halogenated alkanes) is 28. The van der Waals surface area contributed by atoms with Crippen molar-refractivity contribution >= 4 is 39.5 Å². The van der Waals surface area contributed by atoms with E-state index in [1.807, 2.05) is 0 Å². The van der Waals surface area contributed by atoms with Crippen LogP contribution in [0.25, 0.3) is 0 Å². The van der Waals surface area contributed by atoms with Crippen LogP contribution in [0.4, 0.5) is 0 Å². The second-order valence-electron chi connectivity index (χ2n) is 25.5. The Morgan fingerprint density at radius 2 is 0.565 bits per heavy atom. The molecule has 19 heteroatoms. The summed E-state index contributed by atoms with van der Waals surface area (Å²) in [6.45, 7) is 13.9. The molecule has 0 saturated carbocycles. The second-order valence-corrected chi connectivity index (χ2v) is 28.4. The summed E-state index contributed by atoms with van der Waals surface area (Å²) in [7, 11) is -9.89. The van der Waals surface area contributed by atoms with Crippen LogP contribution in [0, 0.1) is 23.7 Å². The summed E-state index contributed by atoms with van der Waals surface area (Å²) >= 11 is 0. The van der Waals surface area contributed by atoms with Gasteiger partial charge in [-0.05, 0) is 49.4 Å². The van der Waals surface area contributed by atoms with Crippen LogP contribution in [-0.4, -0.2) is 96.7 Å². The maximum Gasteiger partial charge on any atom is 0.472 e. The number of aliphatic hydroxyl groups excluding tert-OH is 1. The Hall–Kier alpha value is -1.94. The molecule has 0 spiro atoms. The minimum Gasteiger partial charge on any atom is -0.462 e. The molecular weight excluding hydrogens is 1130 g/mol. The molecule has 17 nitrogen and oxygen atoms in total. The quantitative estimate of drug-likeness (QED) is 0.0222. The van der Waals surface area contributed by atoms with Gasteiger partial charge in [-0.2, -0.15) is 0 Å². The molecule has 3 N–H and O–H groups in total. The van der Waals surface area contributed by atoms with E-state index in [0.717, 1.165) is 115 Å². The molecule has 0 amide bonds. The first-order valence-electron chi connectivity index (χ1n) is 34.2. The van der Waals surface area contributed by atoms with Gasteiger partial charge in [0.05, 0.1) is 26.4 Å². The second kappa shape index (κ2) is 56.1. The molecule has 0 bridgehead atoms. The third-order valence-corrected chi connectivity index (χ3v) is 17.3. The Morgan fingerprint density at radius 3 is 0.835 bits per heavy atom. The molecule has 0 aromatic heterocycles. The van der Waals surface area contributed by atoms with Crippen molar-refractivity contribution in [2.75, 3.05) is 39.6 Å². The maximum atomic E-state index is 13.0. The Morgan fingerprint density at radius 1 is 0.329 bits per heavy atom. The summed E-state index contributed by atoms with van der Waals surface area (Å²) < 4.78 is 68.0. The molecule has 0 aliphatic carbocycles. The largest absolute Gasteiger partial charge is 0.472 e. The first kappa shape index (κ1) is 83.1. The highest BCUT2D eigenvalue weighted by Crippen LogP contribution is 2.45. The Bertz CT molecular complexity index is 1700. The van der Waals surface area contributed by atoms with E-state index in [4.69, 9.17) is 37.0 Å². The lowest BCUT2D eigenvalue weighted by molar-refractivity contribution is -0.161. The first-order valence-corrected chi connectivity index (χ1v) is 37.2. The summed E-state index contributed by atoms with van der Waals surface area (Å²) in [6.07, 6.45) is 36.5. The summed E-state index contributed by atoms with van der Waals surface area (Å²) in [6, 6.07) is 0. The number of carbonyl (C=O) groups excluding carboxylic acids is 4. The molecule has 85 heavy (non-hydrogen) atoms. The number of phosphoric acid groups is 2. The van der Waals surface area contributed by atoms with Gasteiger partial charge in [-0.15, -0.1) is 0 Å². The molecule has 0 aliphatic rings. The number of hydrogen-bond donors (Lipinski definition) is 3. The van der Waals surface area contributed by atoms with Gasteiger partial charge in [-0.3, -0.25) is 37.3 Å². The van der Waals surface area contributed by atoms with Gasteiger partial charge in [-0.25, -0.2) is 9.13 Å². The Kier molecular flexibility index (Phi) is 54.8. The van der Waals surface area contributed by atoms with Crippen molar-refractivity contribution < 1.29 is 80.2 Å². The van der Waals surface area contributed by atoms with Gasteiger partial charge in [0.15, 0.2) is 12.2 Å². The van der Waals surface area contributed by atoms with Gasteiger partial charge in [0.2, 0.25) is 0 Å². The minimum absolute atomic E-state index is 0.101. The molecule has 0 aromatic rings. The average molecular weight is 1260 g/mol. The van der Waals surface area contributed by atoms with E-state index < -0.39 is 97.5 Å². The van der Waals surface area contributed by atoms with Crippen LogP contribution >= 0.6 is 15.6 Å². The smallest absolute Gasteiger partial charge is 0.462 e. The van der Waals surface area contributed by atoms with Crippen molar-refractivity contribution in [2.45, 2.75) is 337 Å². The Balaban J connectivity index is 5.23. The van der Waals surface area contributed by atoms with Crippen LogP contribution in [0.3, 0.4) is 0 Å². The van der Waals surface area contributed by atoms with Gasteiger partial charge in [0, 0.05) is 25.7 Å². The van der Waals surface area contributed by atoms with Crippen LogP contribution in [0.2, 0.25) is 0 Å². The lowest BCUT2D eigenvalue weighted by Gasteiger charge is -2.21. The molecule has 0 saturated heterocycles. The van der Waals surface area contributed by atoms with Crippen molar-refractivity contribution in [3.05, 3.63) is 0 Å². The number of ether oxygens (including phenoxy) is 4. The van der Waals surface area contributed by atoms with Gasteiger partial charge >= 0.3 is 39.5 Å².